The van der Waals surface area contributed by atoms with Gasteiger partial charge in [-0.05, 0) is 10.8 Å². The molecule has 1 fully saturated rings. The molecule has 16 heavy (non-hydrogen) atoms. The standard InChI is InChI=1S/C11H19F2NO2/c1-10(2)7(11(10,3)4)9(16)14-5-6(15)8(12)13/h6-8,15H,5H2,1-4H3,(H,14,16). The first-order valence-electron chi connectivity index (χ1n) is 5.36. The molecule has 0 spiro atoms. The van der Waals surface area contributed by atoms with Crippen LogP contribution in [0.4, 0.5) is 8.78 Å². The number of rotatable bonds is 4. The molecule has 0 radical (unpaired) electrons. The molecular weight excluding hydrogens is 216 g/mol. The minimum atomic E-state index is -2.82. The molecule has 94 valence electrons. The van der Waals surface area contributed by atoms with Gasteiger partial charge in [-0.2, -0.15) is 0 Å². The van der Waals surface area contributed by atoms with Crippen LogP contribution in [0.15, 0.2) is 0 Å². The number of carbonyl (C=O) groups excluding carboxylic acids is 1. The topological polar surface area (TPSA) is 49.3 Å². The Balaban J connectivity index is 2.45. The van der Waals surface area contributed by atoms with E-state index in [1.54, 1.807) is 0 Å². The summed E-state index contributed by atoms with van der Waals surface area (Å²) in [6.45, 7) is 7.50. The van der Waals surface area contributed by atoms with Crippen molar-refractivity contribution < 1.29 is 18.7 Å². The maximum atomic E-state index is 12.0. The van der Waals surface area contributed by atoms with Crippen LogP contribution in [0.1, 0.15) is 27.7 Å². The lowest BCUT2D eigenvalue weighted by Gasteiger charge is -2.11. The lowest BCUT2D eigenvalue weighted by molar-refractivity contribution is -0.124. The number of alkyl halides is 2. The van der Waals surface area contributed by atoms with Gasteiger partial charge >= 0.3 is 0 Å². The summed E-state index contributed by atoms with van der Waals surface area (Å²) in [7, 11) is 0. The summed E-state index contributed by atoms with van der Waals surface area (Å²) >= 11 is 0. The molecule has 0 aromatic rings. The van der Waals surface area contributed by atoms with Crippen molar-refractivity contribution in [2.75, 3.05) is 6.54 Å². The summed E-state index contributed by atoms with van der Waals surface area (Å²) in [6, 6.07) is 0. The van der Waals surface area contributed by atoms with Gasteiger partial charge in [0, 0.05) is 12.5 Å². The maximum Gasteiger partial charge on any atom is 0.265 e. The minimum absolute atomic E-state index is 0.118. The molecular formula is C11H19F2NO2. The summed E-state index contributed by atoms with van der Waals surface area (Å²) in [4.78, 5) is 11.7. The first-order valence-corrected chi connectivity index (χ1v) is 5.36. The van der Waals surface area contributed by atoms with Crippen molar-refractivity contribution in [3.8, 4) is 0 Å². The summed E-state index contributed by atoms with van der Waals surface area (Å²) in [5, 5.41) is 11.2. The van der Waals surface area contributed by atoms with Crippen molar-refractivity contribution in [1.82, 2.24) is 5.32 Å². The monoisotopic (exact) mass is 235 g/mol. The molecule has 1 aliphatic carbocycles. The number of hydrogen-bond acceptors (Lipinski definition) is 2. The Kier molecular flexibility index (Phi) is 3.29. The lowest BCUT2D eigenvalue weighted by Crippen LogP contribution is -2.37. The SMILES string of the molecule is CC1(C)C(C(=O)NCC(O)C(F)F)C1(C)C. The Hall–Kier alpha value is -0.710. The van der Waals surface area contributed by atoms with Crippen LogP contribution in [-0.4, -0.2) is 30.1 Å². The van der Waals surface area contributed by atoms with Gasteiger partial charge in [0.1, 0.15) is 6.10 Å². The third-order valence-corrected chi connectivity index (χ3v) is 4.06. The molecule has 1 atom stereocenters. The third-order valence-electron chi connectivity index (χ3n) is 4.06. The summed E-state index contributed by atoms with van der Waals surface area (Å²) in [5.41, 5.74) is -0.236. The highest BCUT2D eigenvalue weighted by molar-refractivity contribution is 5.84. The van der Waals surface area contributed by atoms with E-state index in [-0.39, 0.29) is 29.2 Å². The van der Waals surface area contributed by atoms with Crippen molar-refractivity contribution in [2.45, 2.75) is 40.2 Å². The highest BCUT2D eigenvalue weighted by Crippen LogP contribution is 2.68. The number of aliphatic hydroxyl groups is 1. The zero-order valence-corrected chi connectivity index (χ0v) is 10.1. The number of nitrogens with one attached hydrogen (secondary N) is 1. The summed E-state index contributed by atoms with van der Waals surface area (Å²) in [6.07, 6.45) is -4.60. The van der Waals surface area contributed by atoms with Crippen LogP contribution in [-0.2, 0) is 4.79 Å². The van der Waals surface area contributed by atoms with Gasteiger partial charge in [-0.1, -0.05) is 27.7 Å². The zero-order chi connectivity index (χ0) is 12.7. The van der Waals surface area contributed by atoms with Gasteiger partial charge in [-0.25, -0.2) is 8.78 Å². The number of aliphatic hydroxyl groups excluding tert-OH is 1. The Bertz CT molecular complexity index is 276. The average molecular weight is 235 g/mol. The Morgan fingerprint density at radius 3 is 2.06 bits per heavy atom. The molecule has 1 aliphatic rings. The first-order chi connectivity index (χ1) is 7.12. The van der Waals surface area contributed by atoms with E-state index in [1.165, 1.54) is 0 Å². The molecule has 2 N–H and O–H groups in total. The van der Waals surface area contributed by atoms with Crippen LogP contribution in [0.3, 0.4) is 0 Å². The molecule has 3 nitrogen and oxygen atoms in total. The molecule has 1 unspecified atom stereocenters. The first kappa shape index (κ1) is 13.4. The van der Waals surface area contributed by atoms with Crippen molar-refractivity contribution in [3.63, 3.8) is 0 Å². The molecule has 5 heteroatoms. The quantitative estimate of drug-likeness (QED) is 0.774. The molecule has 0 heterocycles. The molecule has 0 aromatic heterocycles. The van der Waals surface area contributed by atoms with E-state index in [2.05, 4.69) is 5.32 Å². The van der Waals surface area contributed by atoms with Crippen LogP contribution < -0.4 is 5.32 Å². The second kappa shape index (κ2) is 3.95. The van der Waals surface area contributed by atoms with E-state index in [9.17, 15) is 13.6 Å². The molecule has 1 amide bonds. The Morgan fingerprint density at radius 1 is 1.31 bits per heavy atom. The van der Waals surface area contributed by atoms with Gasteiger partial charge < -0.3 is 10.4 Å². The van der Waals surface area contributed by atoms with Crippen LogP contribution in [0, 0.1) is 16.7 Å². The van der Waals surface area contributed by atoms with Crippen molar-refractivity contribution in [2.24, 2.45) is 16.7 Å². The Morgan fingerprint density at radius 2 is 1.75 bits per heavy atom. The third kappa shape index (κ3) is 2.05. The number of carbonyl (C=O) groups is 1. The van der Waals surface area contributed by atoms with Gasteiger partial charge in [0.15, 0.2) is 0 Å². The zero-order valence-electron chi connectivity index (χ0n) is 10.1. The van der Waals surface area contributed by atoms with Crippen LogP contribution in [0.5, 0.6) is 0 Å². The average Bonchev–Trinajstić information content (AvgIpc) is 2.53. The van der Waals surface area contributed by atoms with E-state index in [0.717, 1.165) is 0 Å². The van der Waals surface area contributed by atoms with Gasteiger partial charge in [-0.15, -0.1) is 0 Å². The van der Waals surface area contributed by atoms with Gasteiger partial charge in [0.25, 0.3) is 6.43 Å². The van der Waals surface area contributed by atoms with Crippen molar-refractivity contribution in [3.05, 3.63) is 0 Å². The predicted molar refractivity (Wildman–Crippen MR) is 56.1 cm³/mol. The van der Waals surface area contributed by atoms with E-state index in [0.29, 0.717) is 0 Å². The fourth-order valence-electron chi connectivity index (χ4n) is 2.25. The highest BCUT2D eigenvalue weighted by atomic mass is 19.3. The van der Waals surface area contributed by atoms with E-state index in [1.807, 2.05) is 27.7 Å². The van der Waals surface area contributed by atoms with Crippen LogP contribution in [0.2, 0.25) is 0 Å². The fourth-order valence-corrected chi connectivity index (χ4v) is 2.25. The number of amides is 1. The summed E-state index contributed by atoms with van der Waals surface area (Å²) < 4.78 is 24.0. The fraction of sp³-hybridized carbons (Fsp3) is 0.909. The highest BCUT2D eigenvalue weighted by Gasteiger charge is 2.68. The molecule has 0 bridgehead atoms. The van der Waals surface area contributed by atoms with E-state index < -0.39 is 12.5 Å². The smallest absolute Gasteiger partial charge is 0.265 e. The summed E-state index contributed by atoms with van der Waals surface area (Å²) in [5.74, 6) is -0.431. The normalized spacial score (nSPS) is 24.2. The molecule has 0 aliphatic heterocycles. The van der Waals surface area contributed by atoms with Crippen LogP contribution >= 0.6 is 0 Å². The lowest BCUT2D eigenvalue weighted by atomic mass is 10.0. The molecule has 1 rings (SSSR count). The van der Waals surface area contributed by atoms with E-state index in [4.69, 9.17) is 5.11 Å². The van der Waals surface area contributed by atoms with Crippen LogP contribution in [0.25, 0.3) is 0 Å². The van der Waals surface area contributed by atoms with Crippen molar-refractivity contribution >= 4 is 5.91 Å². The number of hydrogen-bond donors (Lipinski definition) is 2. The minimum Gasteiger partial charge on any atom is -0.385 e. The Labute approximate surface area is 94.2 Å². The molecule has 0 aromatic carbocycles. The predicted octanol–water partition coefficient (Wildman–Crippen LogP) is 1.41. The molecule has 0 saturated heterocycles. The van der Waals surface area contributed by atoms with Gasteiger partial charge in [0.2, 0.25) is 5.91 Å². The largest absolute Gasteiger partial charge is 0.385 e. The second-order valence-electron chi connectivity index (χ2n) is 5.52. The van der Waals surface area contributed by atoms with Gasteiger partial charge in [0.05, 0.1) is 0 Å². The molecule has 1 saturated carbocycles. The van der Waals surface area contributed by atoms with Crippen molar-refractivity contribution in [1.29, 1.82) is 0 Å². The number of halogens is 2. The maximum absolute atomic E-state index is 12.0. The van der Waals surface area contributed by atoms with E-state index >= 15 is 0 Å². The second-order valence-corrected chi connectivity index (χ2v) is 5.52. The van der Waals surface area contributed by atoms with Gasteiger partial charge in [-0.3, -0.25) is 4.79 Å².